The first-order valence-electron chi connectivity index (χ1n) is 7.15. The van der Waals surface area contributed by atoms with Crippen molar-refractivity contribution in [3.8, 4) is 5.88 Å². The van der Waals surface area contributed by atoms with E-state index in [2.05, 4.69) is 26.7 Å². The third-order valence-electron chi connectivity index (χ3n) is 3.33. The molecule has 19 heavy (non-hydrogen) atoms. The molecule has 1 aliphatic heterocycles. The van der Waals surface area contributed by atoms with Gasteiger partial charge in [-0.3, -0.25) is 0 Å². The number of rotatable bonds is 4. The number of aromatic nitrogens is 2. The maximum Gasteiger partial charge on any atom is 0.257 e. The van der Waals surface area contributed by atoms with Crippen molar-refractivity contribution in [2.24, 2.45) is 0 Å². The Balaban J connectivity index is 2.12. The number of anilines is 1. The van der Waals surface area contributed by atoms with E-state index in [0.717, 1.165) is 45.0 Å². The second-order valence-electron chi connectivity index (χ2n) is 5.13. The molecule has 2 heterocycles. The molecule has 0 unspecified atom stereocenters. The average Bonchev–Trinajstić information content (AvgIpc) is 2.64. The molecule has 0 aromatic carbocycles. The average molecular weight is 264 g/mol. The van der Waals surface area contributed by atoms with Crippen molar-refractivity contribution in [1.82, 2.24) is 14.9 Å². The molecule has 0 saturated carbocycles. The summed E-state index contributed by atoms with van der Waals surface area (Å²) in [4.78, 5) is 13.6. The molecular weight excluding hydrogens is 240 g/mol. The van der Waals surface area contributed by atoms with Crippen molar-refractivity contribution in [3.05, 3.63) is 12.4 Å². The van der Waals surface area contributed by atoms with Gasteiger partial charge < -0.3 is 14.5 Å². The maximum absolute atomic E-state index is 5.76. The van der Waals surface area contributed by atoms with Gasteiger partial charge in [0.05, 0.1) is 6.10 Å². The molecular formula is C14H24N4O. The monoisotopic (exact) mass is 264 g/mol. The predicted molar refractivity (Wildman–Crippen MR) is 76.7 cm³/mol. The summed E-state index contributed by atoms with van der Waals surface area (Å²) in [6.07, 6.45) is 4.71. The highest BCUT2D eigenvalue weighted by molar-refractivity contribution is 5.48. The van der Waals surface area contributed by atoms with E-state index in [1.54, 1.807) is 12.4 Å². The fraction of sp³-hybridized carbons (Fsp3) is 0.714. The number of nitrogens with zero attached hydrogens (tertiary/aromatic N) is 4. The molecule has 106 valence electrons. The zero-order valence-corrected chi connectivity index (χ0v) is 12.2. The fourth-order valence-corrected chi connectivity index (χ4v) is 2.34. The molecule has 0 spiro atoms. The minimum absolute atomic E-state index is 0.120. The normalized spacial score (nSPS) is 17.6. The first kappa shape index (κ1) is 14.1. The third kappa shape index (κ3) is 3.80. The Morgan fingerprint density at radius 2 is 1.95 bits per heavy atom. The summed E-state index contributed by atoms with van der Waals surface area (Å²) in [6.45, 7) is 11.6. The van der Waals surface area contributed by atoms with Gasteiger partial charge in [-0.1, -0.05) is 6.92 Å². The van der Waals surface area contributed by atoms with Crippen molar-refractivity contribution in [3.63, 3.8) is 0 Å². The van der Waals surface area contributed by atoms with Crippen LogP contribution in [0.25, 0.3) is 0 Å². The Morgan fingerprint density at radius 1 is 1.16 bits per heavy atom. The lowest BCUT2D eigenvalue weighted by molar-refractivity contribution is 0.232. The molecule has 0 bridgehead atoms. The zero-order valence-electron chi connectivity index (χ0n) is 12.2. The van der Waals surface area contributed by atoms with Crippen LogP contribution in [-0.2, 0) is 0 Å². The summed E-state index contributed by atoms with van der Waals surface area (Å²) in [5.74, 6) is 1.54. The Bertz CT molecular complexity index is 397. The van der Waals surface area contributed by atoms with Gasteiger partial charge in [0, 0.05) is 32.0 Å². The second kappa shape index (κ2) is 6.70. The van der Waals surface area contributed by atoms with Crippen LogP contribution in [0, 0.1) is 0 Å². The van der Waals surface area contributed by atoms with Gasteiger partial charge in [-0.05, 0) is 33.4 Å². The quantitative estimate of drug-likeness (QED) is 0.829. The molecule has 1 saturated heterocycles. The predicted octanol–water partition coefficient (Wildman–Crippen LogP) is 1.80. The summed E-state index contributed by atoms with van der Waals surface area (Å²) in [7, 11) is 0. The molecule has 0 atom stereocenters. The number of hydrogen-bond donors (Lipinski definition) is 0. The molecule has 0 aliphatic carbocycles. The van der Waals surface area contributed by atoms with E-state index in [1.807, 2.05) is 13.8 Å². The van der Waals surface area contributed by atoms with Crippen molar-refractivity contribution in [2.45, 2.75) is 33.3 Å². The first-order chi connectivity index (χ1) is 9.20. The molecule has 2 rings (SSSR count). The second-order valence-corrected chi connectivity index (χ2v) is 5.13. The Morgan fingerprint density at radius 3 is 2.68 bits per heavy atom. The number of ether oxygens (including phenoxy) is 1. The van der Waals surface area contributed by atoms with Crippen LogP contribution in [0.5, 0.6) is 5.88 Å². The van der Waals surface area contributed by atoms with Crippen molar-refractivity contribution in [2.75, 3.05) is 37.6 Å². The third-order valence-corrected chi connectivity index (χ3v) is 3.33. The van der Waals surface area contributed by atoms with Crippen LogP contribution in [0.3, 0.4) is 0 Å². The van der Waals surface area contributed by atoms with E-state index in [9.17, 15) is 0 Å². The largest absolute Gasteiger partial charge is 0.472 e. The number of hydrogen-bond acceptors (Lipinski definition) is 5. The van der Waals surface area contributed by atoms with Gasteiger partial charge in [0.2, 0.25) is 0 Å². The molecule has 5 heteroatoms. The van der Waals surface area contributed by atoms with Crippen molar-refractivity contribution < 1.29 is 4.74 Å². The van der Waals surface area contributed by atoms with Gasteiger partial charge >= 0.3 is 0 Å². The molecule has 0 N–H and O–H groups in total. The van der Waals surface area contributed by atoms with Crippen molar-refractivity contribution in [1.29, 1.82) is 0 Å². The van der Waals surface area contributed by atoms with Gasteiger partial charge in [-0.25, -0.2) is 9.97 Å². The lowest BCUT2D eigenvalue weighted by Gasteiger charge is -2.24. The highest BCUT2D eigenvalue weighted by Gasteiger charge is 2.19. The Kier molecular flexibility index (Phi) is 4.96. The maximum atomic E-state index is 5.76. The highest BCUT2D eigenvalue weighted by atomic mass is 16.5. The summed E-state index contributed by atoms with van der Waals surface area (Å²) in [5, 5.41) is 0. The van der Waals surface area contributed by atoms with Gasteiger partial charge in [0.25, 0.3) is 5.88 Å². The first-order valence-corrected chi connectivity index (χ1v) is 7.15. The van der Waals surface area contributed by atoms with E-state index >= 15 is 0 Å². The zero-order chi connectivity index (χ0) is 13.7. The molecule has 1 aliphatic rings. The SMILES string of the molecule is CCN1CCCN(c2nccnc2OC(C)C)CC1. The molecule has 1 aromatic rings. The van der Waals surface area contributed by atoms with Crippen molar-refractivity contribution >= 4 is 5.82 Å². The summed E-state index contributed by atoms with van der Waals surface area (Å²) in [6, 6.07) is 0. The number of likely N-dealkylation sites (N-methyl/N-ethyl adjacent to an activating group) is 1. The summed E-state index contributed by atoms with van der Waals surface area (Å²) in [5.41, 5.74) is 0. The molecule has 0 amide bonds. The van der Waals surface area contributed by atoms with E-state index in [0.29, 0.717) is 5.88 Å². The van der Waals surface area contributed by atoms with Crippen LogP contribution in [0.2, 0.25) is 0 Å². The van der Waals surface area contributed by atoms with Crippen LogP contribution in [0.15, 0.2) is 12.4 Å². The molecule has 0 radical (unpaired) electrons. The lowest BCUT2D eigenvalue weighted by atomic mass is 10.4. The van der Waals surface area contributed by atoms with Crippen LogP contribution in [0.4, 0.5) is 5.82 Å². The highest BCUT2D eigenvalue weighted by Crippen LogP contribution is 2.24. The molecule has 1 aromatic heterocycles. The van der Waals surface area contributed by atoms with Gasteiger partial charge in [-0.15, -0.1) is 0 Å². The van der Waals surface area contributed by atoms with Gasteiger partial charge in [0.15, 0.2) is 5.82 Å². The van der Waals surface area contributed by atoms with Gasteiger partial charge in [0.1, 0.15) is 0 Å². The minimum Gasteiger partial charge on any atom is -0.472 e. The fourth-order valence-electron chi connectivity index (χ4n) is 2.34. The minimum atomic E-state index is 0.120. The molecule has 5 nitrogen and oxygen atoms in total. The van der Waals surface area contributed by atoms with Crippen LogP contribution in [-0.4, -0.2) is 53.7 Å². The standard InChI is InChI=1S/C14H24N4O/c1-4-17-8-5-9-18(11-10-17)13-14(19-12(2)3)16-7-6-15-13/h6-7,12H,4-5,8-11H2,1-3H3. The van der Waals surface area contributed by atoms with E-state index < -0.39 is 0 Å². The van der Waals surface area contributed by atoms with Crippen LogP contribution < -0.4 is 9.64 Å². The smallest absolute Gasteiger partial charge is 0.257 e. The Labute approximate surface area is 115 Å². The van der Waals surface area contributed by atoms with E-state index in [4.69, 9.17) is 4.74 Å². The van der Waals surface area contributed by atoms with Crippen LogP contribution in [0.1, 0.15) is 27.2 Å². The Hall–Kier alpha value is -1.36. The lowest BCUT2D eigenvalue weighted by Crippen LogP contribution is -2.31. The topological polar surface area (TPSA) is 41.5 Å². The summed E-state index contributed by atoms with van der Waals surface area (Å²) < 4.78 is 5.76. The molecule has 1 fully saturated rings. The van der Waals surface area contributed by atoms with E-state index in [1.165, 1.54) is 0 Å². The van der Waals surface area contributed by atoms with Crippen LogP contribution >= 0.6 is 0 Å². The van der Waals surface area contributed by atoms with E-state index in [-0.39, 0.29) is 6.10 Å². The summed E-state index contributed by atoms with van der Waals surface area (Å²) >= 11 is 0. The van der Waals surface area contributed by atoms with Gasteiger partial charge in [-0.2, -0.15) is 0 Å².